The number of benzene rings is 1. The summed E-state index contributed by atoms with van der Waals surface area (Å²) < 4.78 is 31.3. The second-order valence-electron chi connectivity index (χ2n) is 3.68. The van der Waals surface area contributed by atoms with Gasteiger partial charge in [0.2, 0.25) is 10.0 Å². The molecule has 0 fully saturated rings. The van der Waals surface area contributed by atoms with Crippen LogP contribution in [0.25, 0.3) is 0 Å². The van der Waals surface area contributed by atoms with Crippen molar-refractivity contribution in [1.82, 2.24) is 4.72 Å². The second kappa shape index (κ2) is 7.42. The van der Waals surface area contributed by atoms with Crippen LogP contribution in [0.3, 0.4) is 0 Å². The lowest BCUT2D eigenvalue weighted by molar-refractivity contribution is 0.136. The maximum Gasteiger partial charge on any atom is 0.240 e. The van der Waals surface area contributed by atoms with Crippen LogP contribution >= 0.6 is 0 Å². The Kier molecular flexibility index (Phi) is 6.18. The van der Waals surface area contributed by atoms with E-state index in [0.717, 1.165) is 12.8 Å². The minimum atomic E-state index is -3.38. The van der Waals surface area contributed by atoms with Crippen LogP contribution in [0.15, 0.2) is 35.2 Å². The molecule has 1 rings (SSSR count). The maximum atomic E-state index is 11.8. The summed E-state index contributed by atoms with van der Waals surface area (Å²) in [6, 6.07) is 8.33. The third-order valence-corrected chi connectivity index (χ3v) is 3.71. The summed E-state index contributed by atoms with van der Waals surface area (Å²) in [5.74, 6) is 0. The molecule has 0 aromatic heterocycles. The topological polar surface area (TPSA) is 55.4 Å². The van der Waals surface area contributed by atoms with Crippen LogP contribution in [0, 0.1) is 0 Å². The molecular formula is C12H19NO3S. The zero-order chi connectivity index (χ0) is 12.6. The van der Waals surface area contributed by atoms with E-state index in [1.54, 1.807) is 30.3 Å². The lowest BCUT2D eigenvalue weighted by Gasteiger charge is -2.07. The predicted octanol–water partition coefficient (Wildman–Crippen LogP) is 1.78. The molecule has 0 aliphatic heterocycles. The number of nitrogens with one attached hydrogen (secondary N) is 1. The molecule has 0 amide bonds. The molecule has 1 aromatic rings. The summed E-state index contributed by atoms with van der Waals surface area (Å²) >= 11 is 0. The van der Waals surface area contributed by atoms with E-state index in [1.807, 2.05) is 0 Å². The first-order chi connectivity index (χ1) is 8.17. The minimum Gasteiger partial charge on any atom is -0.380 e. The molecule has 96 valence electrons. The Morgan fingerprint density at radius 3 is 2.53 bits per heavy atom. The molecular weight excluding hydrogens is 238 g/mol. The molecule has 0 saturated carbocycles. The van der Waals surface area contributed by atoms with E-state index in [4.69, 9.17) is 4.74 Å². The van der Waals surface area contributed by atoms with Gasteiger partial charge in [-0.3, -0.25) is 0 Å². The number of rotatable bonds is 8. The summed E-state index contributed by atoms with van der Waals surface area (Å²) in [6.45, 7) is 3.48. The maximum absolute atomic E-state index is 11.8. The standard InChI is InChI=1S/C12H19NO3S/c1-2-3-10-16-11-9-13-17(14,15)12-7-5-4-6-8-12/h4-8,13H,2-3,9-11H2,1H3. The Bertz CT molecular complexity index is 403. The van der Waals surface area contributed by atoms with Gasteiger partial charge in [-0.05, 0) is 18.6 Å². The van der Waals surface area contributed by atoms with Gasteiger partial charge in [0.25, 0.3) is 0 Å². The summed E-state index contributed by atoms with van der Waals surface area (Å²) in [5.41, 5.74) is 0. The van der Waals surface area contributed by atoms with Crippen molar-refractivity contribution in [3.05, 3.63) is 30.3 Å². The highest BCUT2D eigenvalue weighted by molar-refractivity contribution is 7.89. The lowest BCUT2D eigenvalue weighted by Crippen LogP contribution is -2.27. The normalized spacial score (nSPS) is 11.6. The van der Waals surface area contributed by atoms with E-state index in [1.165, 1.54) is 0 Å². The fraction of sp³-hybridized carbons (Fsp3) is 0.500. The molecule has 1 N–H and O–H groups in total. The molecule has 17 heavy (non-hydrogen) atoms. The molecule has 4 nitrogen and oxygen atoms in total. The average molecular weight is 257 g/mol. The van der Waals surface area contributed by atoms with E-state index in [0.29, 0.717) is 19.8 Å². The highest BCUT2D eigenvalue weighted by Gasteiger charge is 2.11. The molecule has 0 atom stereocenters. The molecule has 0 radical (unpaired) electrons. The third-order valence-electron chi connectivity index (χ3n) is 2.23. The van der Waals surface area contributed by atoms with Gasteiger partial charge < -0.3 is 4.74 Å². The summed E-state index contributed by atoms with van der Waals surface area (Å²) in [4.78, 5) is 0.286. The highest BCUT2D eigenvalue weighted by Crippen LogP contribution is 2.06. The van der Waals surface area contributed by atoms with Gasteiger partial charge in [-0.1, -0.05) is 31.5 Å². The molecule has 5 heteroatoms. The van der Waals surface area contributed by atoms with Gasteiger partial charge in [-0.15, -0.1) is 0 Å². The quantitative estimate of drug-likeness (QED) is 0.722. The Balaban J connectivity index is 2.31. The van der Waals surface area contributed by atoms with Crippen molar-refractivity contribution in [3.63, 3.8) is 0 Å². The van der Waals surface area contributed by atoms with Gasteiger partial charge in [0.15, 0.2) is 0 Å². The number of hydrogen-bond acceptors (Lipinski definition) is 3. The number of sulfonamides is 1. The van der Waals surface area contributed by atoms with Crippen molar-refractivity contribution in [3.8, 4) is 0 Å². The largest absolute Gasteiger partial charge is 0.380 e. The molecule has 1 aromatic carbocycles. The SMILES string of the molecule is CCCCOCCNS(=O)(=O)c1ccccc1. The molecule has 0 bridgehead atoms. The van der Waals surface area contributed by atoms with Gasteiger partial charge in [0.05, 0.1) is 11.5 Å². The summed E-state index contributed by atoms with van der Waals surface area (Å²) in [5, 5.41) is 0. The van der Waals surface area contributed by atoms with Crippen LogP contribution in [-0.2, 0) is 14.8 Å². The van der Waals surface area contributed by atoms with E-state index in [2.05, 4.69) is 11.6 Å². The van der Waals surface area contributed by atoms with Crippen molar-refractivity contribution < 1.29 is 13.2 Å². The third kappa shape index (κ3) is 5.30. The molecule has 0 aliphatic carbocycles. The van der Waals surface area contributed by atoms with Crippen molar-refractivity contribution in [1.29, 1.82) is 0 Å². The predicted molar refractivity (Wildman–Crippen MR) is 67.4 cm³/mol. The molecule has 0 heterocycles. The number of hydrogen-bond donors (Lipinski definition) is 1. The van der Waals surface area contributed by atoms with Crippen molar-refractivity contribution >= 4 is 10.0 Å². The van der Waals surface area contributed by atoms with Crippen LogP contribution < -0.4 is 4.72 Å². The van der Waals surface area contributed by atoms with Crippen LogP contribution in [0.4, 0.5) is 0 Å². The number of ether oxygens (including phenoxy) is 1. The summed E-state index contributed by atoms with van der Waals surface area (Å²) in [7, 11) is -3.38. The smallest absolute Gasteiger partial charge is 0.240 e. The van der Waals surface area contributed by atoms with E-state index < -0.39 is 10.0 Å². The van der Waals surface area contributed by atoms with Crippen molar-refractivity contribution in [2.45, 2.75) is 24.7 Å². The minimum absolute atomic E-state index is 0.286. The first-order valence-corrected chi connectivity index (χ1v) is 7.27. The van der Waals surface area contributed by atoms with Gasteiger partial charge in [0.1, 0.15) is 0 Å². The fourth-order valence-corrected chi connectivity index (χ4v) is 2.31. The molecule has 0 unspecified atom stereocenters. The molecule has 0 aliphatic rings. The summed E-state index contributed by atoms with van der Waals surface area (Å²) in [6.07, 6.45) is 2.08. The second-order valence-corrected chi connectivity index (χ2v) is 5.44. The number of unbranched alkanes of at least 4 members (excludes halogenated alkanes) is 1. The monoisotopic (exact) mass is 257 g/mol. The highest BCUT2D eigenvalue weighted by atomic mass is 32.2. The fourth-order valence-electron chi connectivity index (χ4n) is 1.28. The molecule has 0 spiro atoms. The van der Waals surface area contributed by atoms with Crippen molar-refractivity contribution in [2.24, 2.45) is 0 Å². The first-order valence-electron chi connectivity index (χ1n) is 5.79. The van der Waals surface area contributed by atoms with Crippen LogP contribution in [0.1, 0.15) is 19.8 Å². The Morgan fingerprint density at radius 2 is 1.88 bits per heavy atom. The Labute approximate surface area is 103 Å². The lowest BCUT2D eigenvalue weighted by atomic mass is 10.4. The van der Waals surface area contributed by atoms with Crippen molar-refractivity contribution in [2.75, 3.05) is 19.8 Å². The van der Waals surface area contributed by atoms with Gasteiger partial charge >= 0.3 is 0 Å². The van der Waals surface area contributed by atoms with Gasteiger partial charge in [0, 0.05) is 13.2 Å². The van der Waals surface area contributed by atoms with Crippen LogP contribution in [0.2, 0.25) is 0 Å². The van der Waals surface area contributed by atoms with Gasteiger partial charge in [-0.2, -0.15) is 0 Å². The van der Waals surface area contributed by atoms with E-state index in [-0.39, 0.29) is 4.90 Å². The van der Waals surface area contributed by atoms with E-state index >= 15 is 0 Å². The van der Waals surface area contributed by atoms with Gasteiger partial charge in [-0.25, -0.2) is 13.1 Å². The zero-order valence-corrected chi connectivity index (χ0v) is 10.9. The average Bonchev–Trinajstić information content (AvgIpc) is 2.35. The Morgan fingerprint density at radius 1 is 1.18 bits per heavy atom. The van der Waals surface area contributed by atoms with E-state index in [9.17, 15) is 8.42 Å². The molecule has 0 saturated heterocycles. The van der Waals surface area contributed by atoms with Crippen LogP contribution in [-0.4, -0.2) is 28.2 Å². The first kappa shape index (κ1) is 14.2. The van der Waals surface area contributed by atoms with Crippen LogP contribution in [0.5, 0.6) is 0 Å². The Hall–Kier alpha value is -0.910. The zero-order valence-electron chi connectivity index (χ0n) is 10.1.